The molecule has 2 aliphatic rings. The average Bonchev–Trinajstić information content (AvgIpc) is 2.35. The van der Waals surface area contributed by atoms with Crippen LogP contribution in [0.1, 0.15) is 39.5 Å². The third-order valence-corrected chi connectivity index (χ3v) is 4.31. The maximum absolute atomic E-state index is 3.50. The lowest BCUT2D eigenvalue weighted by atomic mass is 9.55. The lowest BCUT2D eigenvalue weighted by molar-refractivity contribution is 0.00566. The van der Waals surface area contributed by atoms with Gasteiger partial charge in [-0.15, -0.1) is 0 Å². The van der Waals surface area contributed by atoms with E-state index in [1.807, 2.05) is 0 Å². The van der Waals surface area contributed by atoms with Gasteiger partial charge in [-0.25, -0.2) is 0 Å². The largest absolute Gasteiger partial charge is 0.316 e. The Bertz CT molecular complexity index is 152. The van der Waals surface area contributed by atoms with Gasteiger partial charge in [-0.1, -0.05) is 20.3 Å². The van der Waals surface area contributed by atoms with Gasteiger partial charge in [0.05, 0.1) is 0 Å². The zero-order valence-electron chi connectivity index (χ0n) is 8.40. The van der Waals surface area contributed by atoms with Crippen molar-refractivity contribution in [1.82, 2.24) is 5.32 Å². The highest BCUT2D eigenvalue weighted by Crippen LogP contribution is 2.54. The minimum atomic E-state index is 0.740. The highest BCUT2D eigenvalue weighted by molar-refractivity contribution is 4.98. The molecule has 0 spiro atoms. The van der Waals surface area contributed by atoms with Gasteiger partial charge in [0.2, 0.25) is 0 Å². The van der Waals surface area contributed by atoms with E-state index in [-0.39, 0.29) is 0 Å². The second-order valence-electron chi connectivity index (χ2n) is 4.93. The van der Waals surface area contributed by atoms with Crippen molar-refractivity contribution in [2.45, 2.75) is 39.5 Å². The number of rotatable bonds is 2. The summed E-state index contributed by atoms with van der Waals surface area (Å²) < 4.78 is 0. The molecule has 1 saturated heterocycles. The normalized spacial score (nSPS) is 33.8. The molecule has 0 amide bonds. The molecule has 1 unspecified atom stereocenters. The summed E-state index contributed by atoms with van der Waals surface area (Å²) in [6, 6.07) is 0. The zero-order valence-corrected chi connectivity index (χ0v) is 8.40. The Hall–Kier alpha value is -0.0400. The molecule has 0 aromatic heterocycles. The summed E-state index contributed by atoms with van der Waals surface area (Å²) in [6.07, 6.45) is 5.90. The summed E-state index contributed by atoms with van der Waals surface area (Å²) in [7, 11) is 0. The van der Waals surface area contributed by atoms with Crippen molar-refractivity contribution in [3.8, 4) is 0 Å². The Labute approximate surface area is 75.9 Å². The third-order valence-electron chi connectivity index (χ3n) is 4.31. The number of hydrogen-bond donors (Lipinski definition) is 1. The fourth-order valence-corrected chi connectivity index (χ4v) is 3.19. The second-order valence-corrected chi connectivity index (χ2v) is 4.93. The van der Waals surface area contributed by atoms with Crippen molar-refractivity contribution < 1.29 is 0 Å². The van der Waals surface area contributed by atoms with Crippen molar-refractivity contribution in [3.05, 3.63) is 0 Å². The van der Waals surface area contributed by atoms with Gasteiger partial charge in [0, 0.05) is 0 Å². The first kappa shape index (κ1) is 8.55. The zero-order chi connectivity index (χ0) is 8.60. The molecule has 1 nitrogen and oxygen atoms in total. The molecule has 2 rings (SSSR count). The number of nitrogens with one attached hydrogen (secondary N) is 1. The Morgan fingerprint density at radius 1 is 1.33 bits per heavy atom. The summed E-state index contributed by atoms with van der Waals surface area (Å²) in [5.74, 6) is 1.89. The SMILES string of the molecule is CC(C)C1(C2CCNC2)CCC1. The smallest absolute Gasteiger partial charge is 0.00146 e. The molecule has 1 saturated carbocycles. The molecule has 1 N–H and O–H groups in total. The minimum Gasteiger partial charge on any atom is -0.316 e. The summed E-state index contributed by atoms with van der Waals surface area (Å²) in [6.45, 7) is 7.38. The summed E-state index contributed by atoms with van der Waals surface area (Å²) in [5, 5.41) is 3.50. The summed E-state index contributed by atoms with van der Waals surface area (Å²) >= 11 is 0. The maximum Gasteiger partial charge on any atom is -0.00146 e. The standard InChI is InChI=1S/C11H21N/c1-9(2)11(5-3-6-11)10-4-7-12-8-10/h9-10,12H,3-8H2,1-2H3. The Balaban J connectivity index is 2.05. The van der Waals surface area contributed by atoms with Crippen molar-refractivity contribution in [2.75, 3.05) is 13.1 Å². The van der Waals surface area contributed by atoms with Crippen LogP contribution in [0.5, 0.6) is 0 Å². The quantitative estimate of drug-likeness (QED) is 0.666. The van der Waals surface area contributed by atoms with Crippen LogP contribution in [0.25, 0.3) is 0 Å². The van der Waals surface area contributed by atoms with Gasteiger partial charge in [0.15, 0.2) is 0 Å². The van der Waals surface area contributed by atoms with Crippen molar-refractivity contribution >= 4 is 0 Å². The predicted molar refractivity (Wildman–Crippen MR) is 52.1 cm³/mol. The molecule has 2 fully saturated rings. The lowest BCUT2D eigenvalue weighted by Gasteiger charge is -2.50. The van der Waals surface area contributed by atoms with E-state index >= 15 is 0 Å². The molecule has 70 valence electrons. The van der Waals surface area contributed by atoms with Crippen LogP contribution in [-0.4, -0.2) is 13.1 Å². The first-order valence-corrected chi connectivity index (χ1v) is 5.46. The van der Waals surface area contributed by atoms with E-state index in [1.165, 1.54) is 38.8 Å². The molecule has 0 bridgehead atoms. The van der Waals surface area contributed by atoms with Gasteiger partial charge in [-0.05, 0) is 49.6 Å². The number of hydrogen-bond acceptors (Lipinski definition) is 1. The van der Waals surface area contributed by atoms with Gasteiger partial charge in [-0.2, -0.15) is 0 Å². The minimum absolute atomic E-state index is 0.740. The van der Waals surface area contributed by atoms with E-state index in [1.54, 1.807) is 0 Å². The fourth-order valence-electron chi connectivity index (χ4n) is 3.19. The van der Waals surface area contributed by atoms with Gasteiger partial charge in [-0.3, -0.25) is 0 Å². The van der Waals surface area contributed by atoms with Crippen LogP contribution < -0.4 is 5.32 Å². The van der Waals surface area contributed by atoms with Crippen LogP contribution >= 0.6 is 0 Å². The lowest BCUT2D eigenvalue weighted by Crippen LogP contribution is -2.42. The van der Waals surface area contributed by atoms with Crippen molar-refractivity contribution in [3.63, 3.8) is 0 Å². The van der Waals surface area contributed by atoms with Crippen LogP contribution in [-0.2, 0) is 0 Å². The van der Waals surface area contributed by atoms with Crippen LogP contribution in [0.2, 0.25) is 0 Å². The molecular weight excluding hydrogens is 146 g/mol. The first-order chi connectivity index (χ1) is 5.76. The predicted octanol–water partition coefficient (Wildman–Crippen LogP) is 2.42. The molecule has 1 aliphatic carbocycles. The van der Waals surface area contributed by atoms with Crippen molar-refractivity contribution in [2.24, 2.45) is 17.3 Å². The fraction of sp³-hybridized carbons (Fsp3) is 1.00. The highest BCUT2D eigenvalue weighted by atomic mass is 14.9. The molecule has 1 atom stereocenters. The molecule has 0 radical (unpaired) electrons. The van der Waals surface area contributed by atoms with E-state index in [0.717, 1.165) is 17.3 Å². The molecule has 1 heteroatoms. The molecule has 12 heavy (non-hydrogen) atoms. The Kier molecular flexibility index (Phi) is 2.16. The molecular formula is C11H21N. The van der Waals surface area contributed by atoms with E-state index in [0.29, 0.717) is 0 Å². The Morgan fingerprint density at radius 3 is 2.42 bits per heavy atom. The summed E-state index contributed by atoms with van der Waals surface area (Å²) in [4.78, 5) is 0. The van der Waals surface area contributed by atoms with Gasteiger partial charge >= 0.3 is 0 Å². The van der Waals surface area contributed by atoms with Crippen LogP contribution in [0.15, 0.2) is 0 Å². The maximum atomic E-state index is 3.50. The van der Waals surface area contributed by atoms with Gasteiger partial charge < -0.3 is 5.32 Å². The highest BCUT2D eigenvalue weighted by Gasteiger charge is 2.46. The van der Waals surface area contributed by atoms with E-state index in [9.17, 15) is 0 Å². The van der Waals surface area contributed by atoms with E-state index < -0.39 is 0 Å². The van der Waals surface area contributed by atoms with Crippen LogP contribution in [0.3, 0.4) is 0 Å². The molecule has 1 heterocycles. The van der Waals surface area contributed by atoms with Gasteiger partial charge in [0.1, 0.15) is 0 Å². The average molecular weight is 167 g/mol. The molecule has 0 aromatic carbocycles. The second kappa shape index (κ2) is 3.02. The Morgan fingerprint density at radius 2 is 2.08 bits per heavy atom. The van der Waals surface area contributed by atoms with E-state index in [2.05, 4.69) is 19.2 Å². The van der Waals surface area contributed by atoms with Crippen LogP contribution in [0.4, 0.5) is 0 Å². The molecule has 0 aromatic rings. The van der Waals surface area contributed by atoms with Gasteiger partial charge in [0.25, 0.3) is 0 Å². The van der Waals surface area contributed by atoms with Crippen molar-refractivity contribution in [1.29, 1.82) is 0 Å². The topological polar surface area (TPSA) is 12.0 Å². The first-order valence-electron chi connectivity index (χ1n) is 5.46. The van der Waals surface area contributed by atoms with Crippen LogP contribution in [0, 0.1) is 17.3 Å². The summed E-state index contributed by atoms with van der Waals surface area (Å²) in [5.41, 5.74) is 0.740. The molecule has 1 aliphatic heterocycles. The third kappa shape index (κ3) is 1.10. The monoisotopic (exact) mass is 167 g/mol. The van der Waals surface area contributed by atoms with E-state index in [4.69, 9.17) is 0 Å².